The zero-order valence-corrected chi connectivity index (χ0v) is 19.8. The van der Waals surface area contributed by atoms with E-state index in [1.165, 1.54) is 16.7 Å². The second kappa shape index (κ2) is 8.85. The molecule has 0 amide bonds. The first-order chi connectivity index (χ1) is 16.3. The smallest absolute Gasteiger partial charge is 0.250 e. The maximum atomic E-state index is 14.9. The quantitative estimate of drug-likeness (QED) is 0.418. The van der Waals surface area contributed by atoms with Crippen LogP contribution in [0.1, 0.15) is 47.6 Å². The van der Waals surface area contributed by atoms with Crippen molar-refractivity contribution in [3.63, 3.8) is 0 Å². The summed E-state index contributed by atoms with van der Waals surface area (Å²) in [4.78, 5) is 30.6. The summed E-state index contributed by atoms with van der Waals surface area (Å²) in [5, 5.41) is 0.308. The maximum absolute atomic E-state index is 14.9. The van der Waals surface area contributed by atoms with Gasteiger partial charge in [0.05, 0.1) is 17.5 Å². The van der Waals surface area contributed by atoms with Gasteiger partial charge in [0.15, 0.2) is 5.65 Å². The number of fused-ring (bicyclic) bond motifs is 1. The first-order valence-electron chi connectivity index (χ1n) is 11.1. The number of halogens is 2. The van der Waals surface area contributed by atoms with Gasteiger partial charge in [-0.1, -0.05) is 11.6 Å². The number of pyridine rings is 1. The van der Waals surface area contributed by atoms with E-state index in [0.29, 0.717) is 52.7 Å². The highest BCUT2D eigenvalue weighted by Crippen LogP contribution is 2.38. The number of rotatable bonds is 3. The number of nitrogens with zero attached hydrogens (tertiary/aromatic N) is 5. The molecule has 1 saturated heterocycles. The normalized spacial score (nSPS) is 18.4. The Morgan fingerprint density at radius 2 is 1.88 bits per heavy atom. The second-order valence-electron chi connectivity index (χ2n) is 8.61. The van der Waals surface area contributed by atoms with Gasteiger partial charge in [0.2, 0.25) is 5.56 Å². The lowest BCUT2D eigenvalue weighted by molar-refractivity contribution is 0.00364. The molecule has 0 radical (unpaired) electrons. The third-order valence-corrected chi connectivity index (χ3v) is 6.51. The Morgan fingerprint density at radius 1 is 1.09 bits per heavy atom. The summed E-state index contributed by atoms with van der Waals surface area (Å²) in [6, 6.07) is 7.84. The average Bonchev–Trinajstić information content (AvgIpc) is 2.81. The molecule has 34 heavy (non-hydrogen) atoms. The summed E-state index contributed by atoms with van der Waals surface area (Å²) in [6.07, 6.45) is 2.94. The van der Waals surface area contributed by atoms with Crippen molar-refractivity contribution < 1.29 is 9.13 Å². The van der Waals surface area contributed by atoms with Crippen LogP contribution in [0, 0.1) is 19.7 Å². The molecule has 0 aliphatic carbocycles. The number of hydrogen-bond acceptors (Lipinski definition) is 6. The fourth-order valence-electron chi connectivity index (χ4n) is 4.25. The van der Waals surface area contributed by atoms with Crippen LogP contribution in [-0.2, 0) is 11.8 Å². The molecule has 4 aromatic rings. The van der Waals surface area contributed by atoms with E-state index in [4.69, 9.17) is 26.3 Å². The van der Waals surface area contributed by atoms with Crippen molar-refractivity contribution in [2.45, 2.75) is 38.7 Å². The Morgan fingerprint density at radius 3 is 2.65 bits per heavy atom. The predicted octanol–water partition coefficient (Wildman–Crippen LogP) is 4.83. The molecule has 0 spiro atoms. The molecule has 174 valence electrons. The van der Waals surface area contributed by atoms with Gasteiger partial charge in [-0.15, -0.1) is 0 Å². The maximum Gasteiger partial charge on any atom is 0.250 e. The molecule has 1 aromatic carbocycles. The van der Waals surface area contributed by atoms with Crippen LogP contribution < -0.4 is 5.56 Å². The van der Waals surface area contributed by atoms with Crippen LogP contribution in [0.3, 0.4) is 0 Å². The molecule has 0 N–H and O–H groups in total. The molecule has 7 nitrogen and oxygen atoms in total. The molecule has 1 aliphatic rings. The molecule has 4 heterocycles. The number of aromatic nitrogens is 5. The van der Waals surface area contributed by atoms with Gasteiger partial charge in [-0.2, -0.15) is 0 Å². The van der Waals surface area contributed by atoms with Crippen LogP contribution >= 0.6 is 11.6 Å². The lowest BCUT2D eigenvalue weighted by Crippen LogP contribution is -2.23. The Bertz CT molecular complexity index is 1470. The molecular weight excluding hydrogens is 457 g/mol. The third-order valence-electron chi connectivity index (χ3n) is 6.28. The molecule has 0 bridgehead atoms. The van der Waals surface area contributed by atoms with Crippen molar-refractivity contribution in [1.82, 2.24) is 24.5 Å². The van der Waals surface area contributed by atoms with Crippen LogP contribution in [0.2, 0.25) is 5.02 Å². The van der Waals surface area contributed by atoms with Crippen LogP contribution in [0.25, 0.3) is 22.4 Å². The Hall–Kier alpha value is -3.23. The summed E-state index contributed by atoms with van der Waals surface area (Å²) in [5.41, 5.74) is 3.93. The lowest BCUT2D eigenvalue weighted by Gasteiger charge is -2.29. The minimum absolute atomic E-state index is 0.0297. The summed E-state index contributed by atoms with van der Waals surface area (Å²) in [6.45, 7) is 4.24. The minimum atomic E-state index is -0.478. The van der Waals surface area contributed by atoms with Gasteiger partial charge in [0.1, 0.15) is 22.9 Å². The van der Waals surface area contributed by atoms with Crippen molar-refractivity contribution in [1.29, 1.82) is 0 Å². The highest BCUT2D eigenvalue weighted by Gasteiger charge is 2.29. The highest BCUT2D eigenvalue weighted by atomic mass is 35.5. The molecule has 1 aliphatic heterocycles. The van der Waals surface area contributed by atoms with Crippen molar-refractivity contribution >= 4 is 22.8 Å². The monoisotopic (exact) mass is 479 g/mol. The third kappa shape index (κ3) is 4.19. The van der Waals surface area contributed by atoms with Gasteiger partial charge < -0.3 is 9.30 Å². The first kappa shape index (κ1) is 22.6. The summed E-state index contributed by atoms with van der Waals surface area (Å²) in [5.74, 6) is 0.0685. The van der Waals surface area contributed by atoms with Gasteiger partial charge in [-0.25, -0.2) is 24.3 Å². The van der Waals surface area contributed by atoms with Crippen LogP contribution in [0.15, 0.2) is 41.3 Å². The molecule has 1 fully saturated rings. The summed E-state index contributed by atoms with van der Waals surface area (Å²) in [7, 11) is 1.72. The van der Waals surface area contributed by atoms with E-state index in [0.717, 1.165) is 17.0 Å². The number of aryl methyl sites for hydroxylation is 3. The summed E-state index contributed by atoms with van der Waals surface area (Å²) >= 11 is 5.98. The molecule has 2 atom stereocenters. The topological polar surface area (TPSA) is 82.8 Å². The van der Waals surface area contributed by atoms with Gasteiger partial charge >= 0.3 is 0 Å². The number of hydrogen-bond donors (Lipinski definition) is 0. The van der Waals surface area contributed by atoms with Gasteiger partial charge in [0, 0.05) is 42.4 Å². The van der Waals surface area contributed by atoms with E-state index in [1.54, 1.807) is 31.4 Å². The molecule has 3 aromatic heterocycles. The van der Waals surface area contributed by atoms with E-state index < -0.39 is 5.82 Å². The van der Waals surface area contributed by atoms with E-state index in [1.807, 2.05) is 13.8 Å². The Balaban J connectivity index is 1.61. The number of ether oxygens (including phenoxy) is 1. The predicted molar refractivity (Wildman–Crippen MR) is 127 cm³/mol. The molecule has 5 rings (SSSR count). The van der Waals surface area contributed by atoms with E-state index in [9.17, 15) is 9.18 Å². The van der Waals surface area contributed by atoms with Crippen molar-refractivity contribution in [2.75, 3.05) is 6.61 Å². The Labute approximate surface area is 200 Å². The van der Waals surface area contributed by atoms with E-state index in [2.05, 4.69) is 9.97 Å². The highest BCUT2D eigenvalue weighted by molar-refractivity contribution is 6.30. The first-order valence-corrected chi connectivity index (χ1v) is 11.4. The number of benzene rings is 1. The molecule has 2 unspecified atom stereocenters. The molecular formula is C25H23ClFN5O2. The lowest BCUT2D eigenvalue weighted by atomic mass is 9.91. The van der Waals surface area contributed by atoms with Crippen LogP contribution in [0.5, 0.6) is 0 Å². The molecule has 9 heteroatoms. The summed E-state index contributed by atoms with van der Waals surface area (Å²) < 4.78 is 22.5. The minimum Gasteiger partial charge on any atom is -0.373 e. The van der Waals surface area contributed by atoms with Gasteiger partial charge in [-0.05, 0) is 56.5 Å². The van der Waals surface area contributed by atoms with Crippen molar-refractivity contribution in [3.8, 4) is 11.3 Å². The van der Waals surface area contributed by atoms with Crippen LogP contribution in [0.4, 0.5) is 4.39 Å². The molecule has 0 saturated carbocycles. The van der Waals surface area contributed by atoms with Gasteiger partial charge in [-0.3, -0.25) is 4.79 Å². The fraction of sp³-hybridized carbons (Fsp3) is 0.320. The largest absolute Gasteiger partial charge is 0.373 e. The van der Waals surface area contributed by atoms with E-state index >= 15 is 0 Å². The second-order valence-corrected chi connectivity index (χ2v) is 9.05. The fourth-order valence-corrected chi connectivity index (χ4v) is 4.41. The average molecular weight is 480 g/mol. The SMILES string of the molecule is Cc1nc2nc(C3CCOC(c4ccc(=O)n(C)c4)C3)nc(-c3ccc(Cl)cc3F)c2nc1C. The standard InChI is InChI=1S/C25H23ClFN5O2/c1-13-14(2)29-25-23(28-13)22(18-6-5-17(26)11-19(18)27)30-24(31-25)15-8-9-34-20(10-15)16-4-7-21(33)32(3)12-16/h4-7,11-12,15,20H,8-10H2,1-3H3. The van der Waals surface area contributed by atoms with Crippen LogP contribution in [-0.4, -0.2) is 31.1 Å². The van der Waals surface area contributed by atoms with Gasteiger partial charge in [0.25, 0.3) is 0 Å². The van der Waals surface area contributed by atoms with E-state index in [-0.39, 0.29) is 17.6 Å². The Kier molecular flexibility index (Phi) is 5.87. The van der Waals surface area contributed by atoms with Crippen molar-refractivity contribution in [3.05, 3.63) is 80.5 Å². The zero-order valence-electron chi connectivity index (χ0n) is 19.0. The zero-order chi connectivity index (χ0) is 24.0. The van der Waals surface area contributed by atoms with Crippen molar-refractivity contribution in [2.24, 2.45) is 7.05 Å².